The Bertz CT molecular complexity index is 653. The SMILES string of the molecule is CC1CCCN(c2cc(Nc3ccccc3C(C)C)ncn2)C1. The van der Waals surface area contributed by atoms with Crippen LogP contribution in [0.15, 0.2) is 36.7 Å². The fraction of sp³-hybridized carbons (Fsp3) is 0.474. The minimum absolute atomic E-state index is 0.475. The van der Waals surface area contributed by atoms with Gasteiger partial charge >= 0.3 is 0 Å². The van der Waals surface area contributed by atoms with E-state index in [4.69, 9.17) is 0 Å². The largest absolute Gasteiger partial charge is 0.356 e. The summed E-state index contributed by atoms with van der Waals surface area (Å²) in [5.74, 6) is 3.09. The molecule has 2 aromatic rings. The van der Waals surface area contributed by atoms with Gasteiger partial charge in [0, 0.05) is 24.8 Å². The van der Waals surface area contributed by atoms with Gasteiger partial charge in [0.2, 0.25) is 0 Å². The minimum Gasteiger partial charge on any atom is -0.356 e. The molecule has 23 heavy (non-hydrogen) atoms. The monoisotopic (exact) mass is 310 g/mol. The first-order chi connectivity index (χ1) is 11.1. The fourth-order valence-corrected chi connectivity index (χ4v) is 3.24. The van der Waals surface area contributed by atoms with E-state index in [2.05, 4.69) is 71.3 Å². The molecule has 1 aromatic carbocycles. The standard InChI is InChI=1S/C19H26N4/c1-14(2)16-8-4-5-9-17(16)22-18-11-19(21-13-20-18)23-10-6-7-15(3)12-23/h4-5,8-9,11,13-15H,6-7,10,12H2,1-3H3,(H,20,21,22). The fourth-order valence-electron chi connectivity index (χ4n) is 3.24. The summed E-state index contributed by atoms with van der Waals surface area (Å²) in [4.78, 5) is 11.2. The van der Waals surface area contributed by atoms with Crippen LogP contribution in [0.3, 0.4) is 0 Å². The summed E-state index contributed by atoms with van der Waals surface area (Å²) in [7, 11) is 0. The van der Waals surface area contributed by atoms with Gasteiger partial charge in [-0.1, -0.05) is 39.0 Å². The Labute approximate surface area is 139 Å². The van der Waals surface area contributed by atoms with Crippen molar-refractivity contribution in [1.29, 1.82) is 0 Å². The second kappa shape index (κ2) is 6.99. The third-order valence-electron chi connectivity index (χ3n) is 4.48. The number of piperidine rings is 1. The maximum atomic E-state index is 4.47. The molecule has 1 saturated heterocycles. The second-order valence-corrected chi connectivity index (χ2v) is 6.82. The average Bonchev–Trinajstić information content (AvgIpc) is 2.55. The van der Waals surface area contributed by atoms with E-state index in [9.17, 15) is 0 Å². The Hall–Kier alpha value is -2.10. The number of hydrogen-bond acceptors (Lipinski definition) is 4. The summed E-state index contributed by atoms with van der Waals surface area (Å²) in [5.41, 5.74) is 2.43. The van der Waals surface area contributed by atoms with Gasteiger partial charge < -0.3 is 10.2 Å². The molecular weight excluding hydrogens is 284 g/mol. The second-order valence-electron chi connectivity index (χ2n) is 6.82. The van der Waals surface area contributed by atoms with E-state index in [1.54, 1.807) is 6.33 Å². The van der Waals surface area contributed by atoms with Gasteiger partial charge in [-0.15, -0.1) is 0 Å². The van der Waals surface area contributed by atoms with E-state index in [1.165, 1.54) is 18.4 Å². The highest BCUT2D eigenvalue weighted by Gasteiger charge is 2.18. The molecule has 3 rings (SSSR count). The van der Waals surface area contributed by atoms with Crippen molar-refractivity contribution in [3.63, 3.8) is 0 Å². The topological polar surface area (TPSA) is 41.0 Å². The molecule has 1 aromatic heterocycles. The highest BCUT2D eigenvalue weighted by Crippen LogP contribution is 2.28. The molecule has 1 fully saturated rings. The summed E-state index contributed by atoms with van der Waals surface area (Å²) in [6, 6.07) is 10.5. The van der Waals surface area contributed by atoms with Crippen LogP contribution in [0.4, 0.5) is 17.3 Å². The Balaban J connectivity index is 1.81. The van der Waals surface area contributed by atoms with Gasteiger partial charge in [0.1, 0.15) is 18.0 Å². The minimum atomic E-state index is 0.475. The van der Waals surface area contributed by atoms with Gasteiger partial charge in [-0.3, -0.25) is 0 Å². The molecule has 1 aliphatic rings. The van der Waals surface area contributed by atoms with Crippen LogP contribution < -0.4 is 10.2 Å². The summed E-state index contributed by atoms with van der Waals surface area (Å²) in [6.07, 6.45) is 4.22. The molecule has 1 aliphatic heterocycles. The van der Waals surface area contributed by atoms with E-state index in [-0.39, 0.29) is 0 Å². The molecule has 1 atom stereocenters. The highest BCUT2D eigenvalue weighted by atomic mass is 15.2. The number of anilines is 3. The van der Waals surface area contributed by atoms with Crippen molar-refractivity contribution in [3.8, 4) is 0 Å². The summed E-state index contributed by atoms with van der Waals surface area (Å²) in [5, 5.41) is 3.47. The zero-order valence-corrected chi connectivity index (χ0v) is 14.3. The number of rotatable bonds is 4. The van der Waals surface area contributed by atoms with Crippen LogP contribution in [0, 0.1) is 5.92 Å². The molecular formula is C19H26N4. The van der Waals surface area contributed by atoms with Crippen molar-refractivity contribution in [2.24, 2.45) is 5.92 Å². The van der Waals surface area contributed by atoms with Crippen molar-refractivity contribution >= 4 is 17.3 Å². The molecule has 0 radical (unpaired) electrons. The van der Waals surface area contributed by atoms with Crippen molar-refractivity contribution < 1.29 is 0 Å². The van der Waals surface area contributed by atoms with Gasteiger partial charge in [0.25, 0.3) is 0 Å². The maximum absolute atomic E-state index is 4.47. The van der Waals surface area contributed by atoms with E-state index < -0.39 is 0 Å². The van der Waals surface area contributed by atoms with E-state index >= 15 is 0 Å². The van der Waals surface area contributed by atoms with Crippen molar-refractivity contribution in [2.75, 3.05) is 23.3 Å². The molecule has 0 saturated carbocycles. The Morgan fingerprint density at radius 3 is 2.83 bits per heavy atom. The van der Waals surface area contributed by atoms with Crippen molar-refractivity contribution in [3.05, 3.63) is 42.2 Å². The molecule has 1 N–H and O–H groups in total. The maximum Gasteiger partial charge on any atom is 0.135 e. The van der Waals surface area contributed by atoms with E-state index in [1.807, 2.05) is 0 Å². The third-order valence-corrected chi connectivity index (χ3v) is 4.48. The lowest BCUT2D eigenvalue weighted by Gasteiger charge is -2.31. The quantitative estimate of drug-likeness (QED) is 0.897. The smallest absolute Gasteiger partial charge is 0.135 e. The van der Waals surface area contributed by atoms with Gasteiger partial charge in [-0.05, 0) is 36.3 Å². The number of nitrogens with zero attached hydrogens (tertiary/aromatic N) is 3. The molecule has 0 spiro atoms. The van der Waals surface area contributed by atoms with Gasteiger partial charge in [-0.25, -0.2) is 9.97 Å². The zero-order chi connectivity index (χ0) is 16.2. The molecule has 4 heteroatoms. The van der Waals surface area contributed by atoms with E-state index in [0.717, 1.165) is 36.3 Å². The third kappa shape index (κ3) is 3.81. The Kier molecular flexibility index (Phi) is 4.79. The van der Waals surface area contributed by atoms with Gasteiger partial charge in [-0.2, -0.15) is 0 Å². The van der Waals surface area contributed by atoms with Crippen LogP contribution in [-0.4, -0.2) is 23.1 Å². The van der Waals surface area contributed by atoms with Crippen LogP contribution in [0.5, 0.6) is 0 Å². The summed E-state index contributed by atoms with van der Waals surface area (Å²) in [6.45, 7) is 8.90. The summed E-state index contributed by atoms with van der Waals surface area (Å²) >= 11 is 0. The van der Waals surface area contributed by atoms with Crippen molar-refractivity contribution in [1.82, 2.24) is 9.97 Å². The Morgan fingerprint density at radius 1 is 1.22 bits per heavy atom. The van der Waals surface area contributed by atoms with Crippen LogP contribution in [0.25, 0.3) is 0 Å². The predicted molar refractivity (Wildman–Crippen MR) is 96.5 cm³/mol. The predicted octanol–water partition coefficient (Wildman–Crippen LogP) is 4.58. The van der Waals surface area contributed by atoms with Crippen LogP contribution >= 0.6 is 0 Å². The number of hydrogen-bond donors (Lipinski definition) is 1. The van der Waals surface area contributed by atoms with Crippen LogP contribution in [0.2, 0.25) is 0 Å². The zero-order valence-electron chi connectivity index (χ0n) is 14.3. The molecule has 1 unspecified atom stereocenters. The molecule has 4 nitrogen and oxygen atoms in total. The highest BCUT2D eigenvalue weighted by molar-refractivity contribution is 5.63. The normalized spacial score (nSPS) is 18.3. The lowest BCUT2D eigenvalue weighted by Crippen LogP contribution is -2.34. The number of benzene rings is 1. The number of aromatic nitrogens is 2. The molecule has 2 heterocycles. The van der Waals surface area contributed by atoms with Gasteiger partial charge in [0.15, 0.2) is 0 Å². The van der Waals surface area contributed by atoms with Gasteiger partial charge in [0.05, 0.1) is 0 Å². The Morgan fingerprint density at radius 2 is 2.04 bits per heavy atom. The first kappa shape index (κ1) is 15.8. The molecule has 0 aliphatic carbocycles. The van der Waals surface area contributed by atoms with Crippen molar-refractivity contribution in [2.45, 2.75) is 39.5 Å². The molecule has 0 amide bonds. The first-order valence-electron chi connectivity index (χ1n) is 8.56. The number of para-hydroxylation sites is 1. The van der Waals surface area contributed by atoms with Crippen LogP contribution in [0.1, 0.15) is 45.1 Å². The van der Waals surface area contributed by atoms with E-state index in [0.29, 0.717) is 5.92 Å². The summed E-state index contributed by atoms with van der Waals surface area (Å²) < 4.78 is 0. The first-order valence-corrected chi connectivity index (χ1v) is 8.56. The lowest BCUT2D eigenvalue weighted by molar-refractivity contribution is 0.444. The molecule has 0 bridgehead atoms. The lowest BCUT2D eigenvalue weighted by atomic mass is 10.0. The van der Waals surface area contributed by atoms with Crippen LogP contribution in [-0.2, 0) is 0 Å². The number of nitrogens with one attached hydrogen (secondary N) is 1. The molecule has 122 valence electrons. The average molecular weight is 310 g/mol.